The molecule has 7 heteroatoms. The van der Waals surface area contributed by atoms with Gasteiger partial charge in [-0.2, -0.15) is 0 Å². The minimum atomic E-state index is -0.551. The van der Waals surface area contributed by atoms with Gasteiger partial charge in [-0.15, -0.1) is 0 Å². The lowest BCUT2D eigenvalue weighted by atomic mass is 9.87. The van der Waals surface area contributed by atoms with Crippen LogP contribution < -0.4 is 10.7 Å². The first-order valence-electron chi connectivity index (χ1n) is 8.99. The van der Waals surface area contributed by atoms with Gasteiger partial charge in [0.1, 0.15) is 0 Å². The van der Waals surface area contributed by atoms with E-state index in [1.54, 1.807) is 24.3 Å². The minimum absolute atomic E-state index is 0.243. The van der Waals surface area contributed by atoms with Crippen LogP contribution in [0.15, 0.2) is 83.3 Å². The Balaban J connectivity index is 1.70. The SMILES string of the molecule is O=C1NN(C(=O)Nc2ccc(Br)cc2)[C@H](c2cccc(Cl)c2)[C@H]1c1ccccc1. The van der Waals surface area contributed by atoms with Crippen LogP contribution in [-0.4, -0.2) is 16.9 Å². The van der Waals surface area contributed by atoms with Gasteiger partial charge in [-0.05, 0) is 47.5 Å². The van der Waals surface area contributed by atoms with Crippen molar-refractivity contribution in [3.63, 3.8) is 0 Å². The normalized spacial score (nSPS) is 18.4. The van der Waals surface area contributed by atoms with E-state index >= 15 is 0 Å². The fraction of sp³-hybridized carbons (Fsp3) is 0.0909. The highest BCUT2D eigenvalue weighted by Gasteiger charge is 2.45. The van der Waals surface area contributed by atoms with Crippen molar-refractivity contribution in [1.29, 1.82) is 0 Å². The molecular formula is C22H17BrClN3O2. The maximum atomic E-state index is 13.0. The third kappa shape index (κ3) is 4.13. The summed E-state index contributed by atoms with van der Waals surface area (Å²) in [6, 6.07) is 22.9. The van der Waals surface area contributed by atoms with E-state index in [-0.39, 0.29) is 5.91 Å². The Kier molecular flexibility index (Phi) is 5.56. The minimum Gasteiger partial charge on any atom is -0.306 e. The first kappa shape index (κ1) is 19.5. The Morgan fingerprint density at radius 2 is 1.66 bits per heavy atom. The van der Waals surface area contributed by atoms with Crippen molar-refractivity contribution in [1.82, 2.24) is 10.4 Å². The first-order chi connectivity index (χ1) is 14.0. The van der Waals surface area contributed by atoms with Crippen LogP contribution in [-0.2, 0) is 4.79 Å². The Morgan fingerprint density at radius 3 is 2.34 bits per heavy atom. The topological polar surface area (TPSA) is 61.4 Å². The Labute approximate surface area is 181 Å². The molecule has 0 radical (unpaired) electrons. The number of hydrazine groups is 1. The van der Waals surface area contributed by atoms with Crippen molar-refractivity contribution in [2.45, 2.75) is 12.0 Å². The molecule has 5 nitrogen and oxygen atoms in total. The third-order valence-corrected chi connectivity index (χ3v) is 5.53. The molecule has 3 aromatic rings. The number of urea groups is 1. The molecule has 0 saturated carbocycles. The van der Waals surface area contributed by atoms with Gasteiger partial charge in [-0.25, -0.2) is 9.80 Å². The number of carbonyl (C=O) groups excluding carboxylic acids is 2. The van der Waals surface area contributed by atoms with Crippen molar-refractivity contribution in [2.24, 2.45) is 0 Å². The molecule has 3 aromatic carbocycles. The summed E-state index contributed by atoms with van der Waals surface area (Å²) in [4.78, 5) is 25.9. The molecule has 29 heavy (non-hydrogen) atoms. The van der Waals surface area contributed by atoms with E-state index in [1.807, 2.05) is 54.6 Å². The van der Waals surface area contributed by atoms with Gasteiger partial charge in [0.05, 0.1) is 12.0 Å². The zero-order valence-electron chi connectivity index (χ0n) is 15.2. The molecule has 4 rings (SSSR count). The third-order valence-electron chi connectivity index (χ3n) is 4.77. The molecule has 2 N–H and O–H groups in total. The smallest absolute Gasteiger partial charge is 0.306 e. The lowest BCUT2D eigenvalue weighted by Gasteiger charge is -2.26. The molecular weight excluding hydrogens is 454 g/mol. The Morgan fingerprint density at radius 1 is 0.966 bits per heavy atom. The quantitative estimate of drug-likeness (QED) is 0.530. The standard InChI is InChI=1S/C22H17BrClN3O2/c23-16-9-11-18(12-10-16)25-22(29)27-20(15-7-4-8-17(24)13-15)19(21(28)26-27)14-5-2-1-3-6-14/h1-13,19-20H,(H,25,29)(H,26,28)/t19-,20-/m1/s1. The molecule has 0 aliphatic carbocycles. The van der Waals surface area contributed by atoms with Crippen molar-refractivity contribution in [3.05, 3.63) is 99.5 Å². The number of benzene rings is 3. The van der Waals surface area contributed by atoms with Gasteiger partial charge < -0.3 is 5.32 Å². The number of halogens is 2. The summed E-state index contributed by atoms with van der Waals surface area (Å²) >= 11 is 9.57. The lowest BCUT2D eigenvalue weighted by Crippen LogP contribution is -2.42. The van der Waals surface area contributed by atoms with E-state index in [1.165, 1.54) is 5.01 Å². The lowest BCUT2D eigenvalue weighted by molar-refractivity contribution is -0.121. The van der Waals surface area contributed by atoms with Gasteiger partial charge in [-0.1, -0.05) is 70.0 Å². The molecule has 1 heterocycles. The van der Waals surface area contributed by atoms with Crippen LogP contribution in [0, 0.1) is 0 Å². The summed E-state index contributed by atoms with van der Waals surface area (Å²) < 4.78 is 0.908. The number of hydrogen-bond donors (Lipinski definition) is 2. The predicted octanol–water partition coefficient (Wildman–Crippen LogP) is 5.51. The molecule has 0 spiro atoms. The zero-order valence-corrected chi connectivity index (χ0v) is 17.5. The van der Waals surface area contributed by atoms with Crippen molar-refractivity contribution in [3.8, 4) is 0 Å². The Hall–Kier alpha value is -2.83. The summed E-state index contributed by atoms with van der Waals surface area (Å²) in [6.07, 6.45) is 0. The fourth-order valence-electron chi connectivity index (χ4n) is 3.47. The molecule has 0 unspecified atom stereocenters. The average molecular weight is 471 g/mol. The summed E-state index contributed by atoms with van der Waals surface area (Å²) in [5.74, 6) is -0.794. The van der Waals surface area contributed by atoms with Crippen LogP contribution in [0.5, 0.6) is 0 Å². The fourth-order valence-corrected chi connectivity index (χ4v) is 3.93. The number of anilines is 1. The van der Waals surface area contributed by atoms with E-state index in [0.717, 1.165) is 15.6 Å². The number of hydrogen-bond acceptors (Lipinski definition) is 2. The van der Waals surface area contributed by atoms with E-state index < -0.39 is 18.0 Å². The average Bonchev–Trinajstić information content (AvgIpc) is 3.08. The second kappa shape index (κ2) is 8.27. The highest BCUT2D eigenvalue weighted by atomic mass is 79.9. The van der Waals surface area contributed by atoms with Gasteiger partial charge in [0.2, 0.25) is 5.91 Å². The van der Waals surface area contributed by atoms with Crippen LogP contribution in [0.4, 0.5) is 10.5 Å². The number of carbonyl (C=O) groups is 2. The zero-order chi connectivity index (χ0) is 20.4. The van der Waals surface area contributed by atoms with Gasteiger partial charge in [0.25, 0.3) is 0 Å². The van der Waals surface area contributed by atoms with Crippen molar-refractivity contribution in [2.75, 3.05) is 5.32 Å². The maximum absolute atomic E-state index is 13.0. The van der Waals surface area contributed by atoms with E-state index in [9.17, 15) is 9.59 Å². The van der Waals surface area contributed by atoms with Crippen LogP contribution in [0.2, 0.25) is 5.02 Å². The van der Waals surface area contributed by atoms with Crippen molar-refractivity contribution < 1.29 is 9.59 Å². The van der Waals surface area contributed by atoms with Crippen LogP contribution >= 0.6 is 27.5 Å². The van der Waals surface area contributed by atoms with E-state index in [4.69, 9.17) is 11.6 Å². The second-order valence-electron chi connectivity index (χ2n) is 6.67. The van der Waals surface area contributed by atoms with Crippen LogP contribution in [0.25, 0.3) is 0 Å². The maximum Gasteiger partial charge on any atom is 0.341 e. The molecule has 1 fully saturated rings. The number of rotatable bonds is 3. The van der Waals surface area contributed by atoms with Gasteiger partial charge in [0.15, 0.2) is 0 Å². The molecule has 1 saturated heterocycles. The molecule has 146 valence electrons. The largest absolute Gasteiger partial charge is 0.341 e. The predicted molar refractivity (Wildman–Crippen MR) is 117 cm³/mol. The summed E-state index contributed by atoms with van der Waals surface area (Å²) in [5, 5.41) is 4.72. The molecule has 1 aliphatic rings. The summed E-state index contributed by atoms with van der Waals surface area (Å²) in [6.45, 7) is 0. The van der Waals surface area contributed by atoms with Gasteiger partial charge >= 0.3 is 6.03 Å². The molecule has 1 aliphatic heterocycles. The highest BCUT2D eigenvalue weighted by Crippen LogP contribution is 2.40. The molecule has 0 bridgehead atoms. The highest BCUT2D eigenvalue weighted by molar-refractivity contribution is 9.10. The Bertz CT molecular complexity index is 1040. The second-order valence-corrected chi connectivity index (χ2v) is 8.02. The molecule has 3 amide bonds. The van der Waals surface area contributed by atoms with Gasteiger partial charge in [-0.3, -0.25) is 10.2 Å². The summed E-state index contributed by atoms with van der Waals surface area (Å²) in [5.41, 5.74) is 4.96. The van der Waals surface area contributed by atoms with E-state index in [0.29, 0.717) is 10.7 Å². The van der Waals surface area contributed by atoms with Crippen molar-refractivity contribution >= 4 is 45.2 Å². The first-order valence-corrected chi connectivity index (χ1v) is 10.2. The summed E-state index contributed by atoms with van der Waals surface area (Å²) in [7, 11) is 0. The molecule has 0 aromatic heterocycles. The molecule has 2 atom stereocenters. The monoisotopic (exact) mass is 469 g/mol. The van der Waals surface area contributed by atoms with Gasteiger partial charge in [0, 0.05) is 15.2 Å². The van der Waals surface area contributed by atoms with E-state index in [2.05, 4.69) is 26.7 Å². The van der Waals surface area contributed by atoms with Crippen LogP contribution in [0.3, 0.4) is 0 Å². The van der Waals surface area contributed by atoms with Crippen LogP contribution in [0.1, 0.15) is 23.1 Å². The number of nitrogens with zero attached hydrogens (tertiary/aromatic N) is 1. The number of nitrogens with one attached hydrogen (secondary N) is 2. The number of amides is 3.